The lowest BCUT2D eigenvalue weighted by Crippen LogP contribution is -2.34. The fourth-order valence-electron chi connectivity index (χ4n) is 2.04. The number of halogens is 4. The maximum atomic E-state index is 11.3. The highest BCUT2D eigenvalue weighted by molar-refractivity contribution is 6.43. The SMILES string of the molecule is O=C(O)C1(Cl)CCC(Cl)c2c1ccc(Cl)c2Cl. The highest BCUT2D eigenvalue weighted by Gasteiger charge is 2.45. The molecule has 0 amide bonds. The summed E-state index contributed by atoms with van der Waals surface area (Å²) in [5.41, 5.74) is 0.969. The van der Waals surface area contributed by atoms with E-state index >= 15 is 0 Å². The maximum Gasteiger partial charge on any atom is 0.329 e. The van der Waals surface area contributed by atoms with Crippen LogP contribution < -0.4 is 0 Å². The molecule has 0 bridgehead atoms. The summed E-state index contributed by atoms with van der Waals surface area (Å²) in [5, 5.41) is 9.52. The number of benzene rings is 1. The van der Waals surface area contributed by atoms with Crippen LogP contribution in [0.25, 0.3) is 0 Å². The highest BCUT2D eigenvalue weighted by Crippen LogP contribution is 2.50. The Labute approximate surface area is 118 Å². The van der Waals surface area contributed by atoms with Crippen molar-refractivity contribution < 1.29 is 9.90 Å². The van der Waals surface area contributed by atoms with Crippen LogP contribution in [0.3, 0.4) is 0 Å². The lowest BCUT2D eigenvalue weighted by molar-refractivity contribution is -0.140. The molecule has 1 aromatic carbocycles. The molecule has 17 heavy (non-hydrogen) atoms. The maximum absolute atomic E-state index is 11.3. The fourth-order valence-corrected chi connectivity index (χ4v) is 3.17. The van der Waals surface area contributed by atoms with Crippen LogP contribution >= 0.6 is 46.4 Å². The van der Waals surface area contributed by atoms with Gasteiger partial charge in [-0.2, -0.15) is 0 Å². The largest absolute Gasteiger partial charge is 0.480 e. The second kappa shape index (κ2) is 4.51. The lowest BCUT2D eigenvalue weighted by Gasteiger charge is -2.33. The first-order chi connectivity index (χ1) is 7.88. The van der Waals surface area contributed by atoms with Crippen molar-refractivity contribution in [2.75, 3.05) is 0 Å². The quantitative estimate of drug-likeness (QED) is 0.770. The molecule has 0 heterocycles. The number of hydrogen-bond acceptors (Lipinski definition) is 1. The van der Waals surface area contributed by atoms with Gasteiger partial charge in [0.05, 0.1) is 15.4 Å². The highest BCUT2D eigenvalue weighted by atomic mass is 35.5. The molecular weight excluding hydrogens is 306 g/mol. The van der Waals surface area contributed by atoms with E-state index in [1.165, 1.54) is 6.07 Å². The van der Waals surface area contributed by atoms with Crippen LogP contribution in [0.4, 0.5) is 0 Å². The molecule has 92 valence electrons. The van der Waals surface area contributed by atoms with Gasteiger partial charge in [-0.3, -0.25) is 0 Å². The molecule has 1 N–H and O–H groups in total. The normalized spacial score (nSPS) is 27.6. The van der Waals surface area contributed by atoms with Crippen molar-refractivity contribution >= 4 is 52.4 Å². The number of aliphatic carboxylic acids is 1. The molecule has 0 aromatic heterocycles. The van der Waals surface area contributed by atoms with Gasteiger partial charge >= 0.3 is 5.97 Å². The van der Waals surface area contributed by atoms with Gasteiger partial charge < -0.3 is 5.11 Å². The third-order valence-electron chi connectivity index (χ3n) is 2.95. The van der Waals surface area contributed by atoms with E-state index in [1.54, 1.807) is 6.07 Å². The Balaban J connectivity index is 2.70. The zero-order chi connectivity index (χ0) is 12.8. The topological polar surface area (TPSA) is 37.3 Å². The van der Waals surface area contributed by atoms with Crippen molar-refractivity contribution in [1.82, 2.24) is 0 Å². The predicted octanol–water partition coefficient (Wildman–Crippen LogP) is 4.59. The van der Waals surface area contributed by atoms with Gasteiger partial charge in [0.1, 0.15) is 0 Å². The van der Waals surface area contributed by atoms with E-state index < -0.39 is 10.8 Å². The summed E-state index contributed by atoms with van der Waals surface area (Å²) < 4.78 is 0. The molecule has 0 saturated heterocycles. The van der Waals surface area contributed by atoms with Crippen LogP contribution in [-0.2, 0) is 9.67 Å². The number of carboxylic acids is 1. The van der Waals surface area contributed by atoms with Gasteiger partial charge in [-0.25, -0.2) is 4.79 Å². The fraction of sp³-hybridized carbons (Fsp3) is 0.364. The van der Waals surface area contributed by atoms with E-state index in [-0.39, 0.29) is 16.8 Å². The minimum absolute atomic E-state index is 0.267. The lowest BCUT2D eigenvalue weighted by atomic mass is 9.82. The Morgan fingerprint density at radius 2 is 2.06 bits per heavy atom. The zero-order valence-corrected chi connectivity index (χ0v) is 11.5. The molecule has 0 aliphatic heterocycles. The van der Waals surface area contributed by atoms with Crippen LogP contribution in [0.15, 0.2) is 12.1 Å². The van der Waals surface area contributed by atoms with E-state index in [2.05, 4.69) is 0 Å². The Morgan fingerprint density at radius 3 is 2.65 bits per heavy atom. The van der Waals surface area contributed by atoms with Crippen molar-refractivity contribution in [2.45, 2.75) is 23.1 Å². The van der Waals surface area contributed by atoms with Crippen molar-refractivity contribution in [3.63, 3.8) is 0 Å². The van der Waals surface area contributed by atoms with Crippen LogP contribution in [0.5, 0.6) is 0 Å². The molecule has 2 nitrogen and oxygen atoms in total. The number of carboxylic acid groups (broad SMARTS) is 1. The molecule has 2 atom stereocenters. The number of rotatable bonds is 1. The predicted molar refractivity (Wildman–Crippen MR) is 69.5 cm³/mol. The minimum Gasteiger partial charge on any atom is -0.480 e. The van der Waals surface area contributed by atoms with Crippen LogP contribution in [0.1, 0.15) is 29.3 Å². The molecule has 0 radical (unpaired) electrons. The average Bonchev–Trinajstić information content (AvgIpc) is 2.27. The first-order valence-electron chi connectivity index (χ1n) is 4.92. The molecule has 1 aliphatic rings. The summed E-state index contributed by atoms with van der Waals surface area (Å²) in [7, 11) is 0. The van der Waals surface area contributed by atoms with Gasteiger partial charge in [-0.05, 0) is 30.0 Å². The first-order valence-corrected chi connectivity index (χ1v) is 6.49. The molecule has 1 aliphatic carbocycles. The minimum atomic E-state index is -1.46. The standard InChI is InChI=1S/C11H8Cl4O2/c12-6-3-4-11(15,10(16)17)5-1-2-7(13)9(14)8(5)6/h1-2,6H,3-4H2,(H,16,17). The van der Waals surface area contributed by atoms with Gasteiger partial charge in [0.25, 0.3) is 0 Å². The Morgan fingerprint density at radius 1 is 1.41 bits per heavy atom. The molecule has 2 unspecified atom stereocenters. The van der Waals surface area contributed by atoms with E-state index in [9.17, 15) is 9.90 Å². The summed E-state index contributed by atoms with van der Waals surface area (Å²) in [6.45, 7) is 0. The molecule has 0 saturated carbocycles. The van der Waals surface area contributed by atoms with Crippen molar-refractivity contribution in [2.24, 2.45) is 0 Å². The van der Waals surface area contributed by atoms with Crippen LogP contribution in [-0.4, -0.2) is 11.1 Å². The summed E-state index contributed by atoms with van der Waals surface area (Å²) in [5.74, 6) is -1.10. The third kappa shape index (κ3) is 2.01. The molecule has 1 aromatic rings. The first kappa shape index (κ1) is 13.3. The number of hydrogen-bond donors (Lipinski definition) is 1. The monoisotopic (exact) mass is 312 g/mol. The van der Waals surface area contributed by atoms with Crippen LogP contribution in [0, 0.1) is 0 Å². The molecular formula is C11H8Cl4O2. The van der Waals surface area contributed by atoms with E-state index in [1.807, 2.05) is 0 Å². The van der Waals surface area contributed by atoms with Gasteiger partial charge in [-0.15, -0.1) is 23.2 Å². The molecule has 0 fully saturated rings. The molecule has 6 heteroatoms. The van der Waals surface area contributed by atoms with Gasteiger partial charge in [0.2, 0.25) is 0 Å². The summed E-state index contributed by atoms with van der Waals surface area (Å²) >= 11 is 24.3. The second-order valence-corrected chi connectivity index (χ2v) is 5.89. The number of alkyl halides is 2. The molecule has 0 spiro atoms. The smallest absolute Gasteiger partial charge is 0.329 e. The van der Waals surface area contributed by atoms with E-state index in [0.29, 0.717) is 22.6 Å². The van der Waals surface area contributed by atoms with Crippen molar-refractivity contribution in [3.05, 3.63) is 33.3 Å². The Hall–Kier alpha value is -0.150. The number of fused-ring (bicyclic) bond motifs is 1. The van der Waals surface area contributed by atoms with Gasteiger partial charge in [0.15, 0.2) is 4.87 Å². The van der Waals surface area contributed by atoms with Crippen molar-refractivity contribution in [1.29, 1.82) is 0 Å². The summed E-state index contributed by atoms with van der Waals surface area (Å²) in [4.78, 5) is 9.83. The Bertz CT molecular complexity index is 489. The summed E-state index contributed by atoms with van der Waals surface area (Å²) in [6, 6.07) is 3.12. The van der Waals surface area contributed by atoms with Gasteiger partial charge in [-0.1, -0.05) is 29.3 Å². The third-order valence-corrected chi connectivity index (χ3v) is 4.76. The van der Waals surface area contributed by atoms with E-state index in [4.69, 9.17) is 46.4 Å². The zero-order valence-electron chi connectivity index (χ0n) is 8.51. The number of carbonyl (C=O) groups is 1. The average molecular weight is 314 g/mol. The molecule has 2 rings (SSSR count). The van der Waals surface area contributed by atoms with Crippen molar-refractivity contribution in [3.8, 4) is 0 Å². The summed E-state index contributed by atoms with van der Waals surface area (Å²) in [6.07, 6.45) is 0.716. The van der Waals surface area contributed by atoms with Gasteiger partial charge in [0, 0.05) is 0 Å². The second-order valence-electron chi connectivity index (χ2n) is 3.94. The van der Waals surface area contributed by atoms with Crippen LogP contribution in [0.2, 0.25) is 10.0 Å². The Kier molecular flexibility index (Phi) is 3.52. The van der Waals surface area contributed by atoms with E-state index in [0.717, 1.165) is 0 Å².